The summed E-state index contributed by atoms with van der Waals surface area (Å²) in [6.07, 6.45) is 15.6. The van der Waals surface area contributed by atoms with E-state index in [1.165, 1.54) is 0 Å². The molecule has 1 heteroatoms. The van der Waals surface area contributed by atoms with Crippen LogP contribution in [0.15, 0.2) is 37.0 Å². The molecule has 13 heavy (non-hydrogen) atoms. The number of allylic oxidation sites excluding steroid dienone is 5. The quantitative estimate of drug-likeness (QED) is 0.449. The van der Waals surface area contributed by atoms with Crippen molar-refractivity contribution in [1.29, 1.82) is 0 Å². The molecule has 0 aromatic carbocycles. The van der Waals surface area contributed by atoms with E-state index in [0.717, 1.165) is 32.1 Å². The Morgan fingerprint density at radius 1 is 0.923 bits per heavy atom. The molecule has 0 radical (unpaired) electrons. The van der Waals surface area contributed by atoms with Gasteiger partial charge >= 0.3 is 0 Å². The fourth-order valence-corrected chi connectivity index (χ4v) is 0.948. The standard InChI is InChI=1S/C12H20O/c1-2-3-4-5-6-7-8-9-10-11-12-13/h2,4-5,8-9,13H,1,3,6-7,10-12H2. The van der Waals surface area contributed by atoms with Gasteiger partial charge in [-0.2, -0.15) is 0 Å². The molecule has 74 valence electrons. The maximum absolute atomic E-state index is 8.51. The van der Waals surface area contributed by atoms with E-state index in [0.29, 0.717) is 6.61 Å². The summed E-state index contributed by atoms with van der Waals surface area (Å²) < 4.78 is 0. The molecule has 0 atom stereocenters. The normalized spacial score (nSPS) is 11.5. The summed E-state index contributed by atoms with van der Waals surface area (Å²) in [6, 6.07) is 0. The van der Waals surface area contributed by atoms with E-state index in [9.17, 15) is 0 Å². The van der Waals surface area contributed by atoms with Crippen LogP contribution in [0, 0.1) is 0 Å². The van der Waals surface area contributed by atoms with E-state index in [2.05, 4.69) is 30.9 Å². The van der Waals surface area contributed by atoms with Crippen LogP contribution in [0.4, 0.5) is 0 Å². The Hall–Kier alpha value is -0.820. The van der Waals surface area contributed by atoms with Crippen LogP contribution in [0.5, 0.6) is 0 Å². The molecule has 0 heterocycles. The van der Waals surface area contributed by atoms with Crippen LogP contribution in [0.2, 0.25) is 0 Å². The molecule has 1 N–H and O–H groups in total. The lowest BCUT2D eigenvalue weighted by molar-refractivity contribution is 0.289. The van der Waals surface area contributed by atoms with Crippen LogP contribution in [-0.4, -0.2) is 11.7 Å². The van der Waals surface area contributed by atoms with Crippen LogP contribution in [-0.2, 0) is 0 Å². The SMILES string of the molecule is C=CCC=CCCC=CCCCO. The van der Waals surface area contributed by atoms with Crippen molar-refractivity contribution in [3.8, 4) is 0 Å². The zero-order valence-corrected chi connectivity index (χ0v) is 8.28. The van der Waals surface area contributed by atoms with Gasteiger partial charge in [0.25, 0.3) is 0 Å². The predicted molar refractivity (Wildman–Crippen MR) is 58.6 cm³/mol. The minimum Gasteiger partial charge on any atom is -0.396 e. The van der Waals surface area contributed by atoms with Gasteiger partial charge in [-0.15, -0.1) is 6.58 Å². The average molecular weight is 180 g/mol. The second kappa shape index (κ2) is 11.2. The summed E-state index contributed by atoms with van der Waals surface area (Å²) in [5, 5.41) is 8.51. The van der Waals surface area contributed by atoms with Crippen molar-refractivity contribution < 1.29 is 5.11 Å². The van der Waals surface area contributed by atoms with E-state index in [4.69, 9.17) is 5.11 Å². The van der Waals surface area contributed by atoms with Gasteiger partial charge < -0.3 is 5.11 Å². The number of hydrogen-bond donors (Lipinski definition) is 1. The molecule has 0 amide bonds. The highest BCUT2D eigenvalue weighted by molar-refractivity contribution is 4.91. The Labute approximate surface area is 81.5 Å². The summed E-state index contributed by atoms with van der Waals surface area (Å²) in [5.41, 5.74) is 0. The Bertz CT molecular complexity index is 157. The molecule has 1 nitrogen and oxygen atoms in total. The molecule has 0 rings (SSSR count). The van der Waals surface area contributed by atoms with Gasteiger partial charge in [-0.3, -0.25) is 0 Å². The second-order valence-electron chi connectivity index (χ2n) is 2.91. The molecule has 0 bridgehead atoms. The molecule has 0 fully saturated rings. The Morgan fingerprint density at radius 2 is 1.54 bits per heavy atom. The third-order valence-corrected chi connectivity index (χ3v) is 1.66. The van der Waals surface area contributed by atoms with Crippen LogP contribution in [0.1, 0.15) is 32.1 Å². The predicted octanol–water partition coefficient (Wildman–Crippen LogP) is 3.23. The molecule has 0 aliphatic heterocycles. The van der Waals surface area contributed by atoms with E-state index in [1.807, 2.05) is 6.08 Å². The Morgan fingerprint density at radius 3 is 2.15 bits per heavy atom. The lowest BCUT2D eigenvalue weighted by Crippen LogP contribution is -1.78. The first-order chi connectivity index (χ1) is 6.41. The van der Waals surface area contributed by atoms with E-state index < -0.39 is 0 Å². The van der Waals surface area contributed by atoms with Gasteiger partial charge in [0.05, 0.1) is 0 Å². The topological polar surface area (TPSA) is 20.2 Å². The maximum atomic E-state index is 8.51. The smallest absolute Gasteiger partial charge is 0.0433 e. The molecule has 0 aromatic rings. The van der Waals surface area contributed by atoms with E-state index in [-0.39, 0.29) is 0 Å². The van der Waals surface area contributed by atoms with Crippen molar-refractivity contribution in [3.63, 3.8) is 0 Å². The minimum absolute atomic E-state index is 0.295. The number of aliphatic hydroxyl groups excluding tert-OH is 1. The third kappa shape index (κ3) is 11.2. The molecular weight excluding hydrogens is 160 g/mol. The number of hydrogen-bond acceptors (Lipinski definition) is 1. The monoisotopic (exact) mass is 180 g/mol. The molecule has 0 saturated carbocycles. The number of aliphatic hydroxyl groups is 1. The fourth-order valence-electron chi connectivity index (χ4n) is 0.948. The fraction of sp³-hybridized carbons (Fsp3) is 0.500. The van der Waals surface area contributed by atoms with Crippen molar-refractivity contribution in [2.24, 2.45) is 0 Å². The van der Waals surface area contributed by atoms with Gasteiger partial charge in [-0.25, -0.2) is 0 Å². The summed E-state index contributed by atoms with van der Waals surface area (Å²) in [5.74, 6) is 0. The summed E-state index contributed by atoms with van der Waals surface area (Å²) in [4.78, 5) is 0. The zero-order chi connectivity index (χ0) is 9.78. The van der Waals surface area contributed by atoms with E-state index in [1.54, 1.807) is 0 Å². The van der Waals surface area contributed by atoms with Gasteiger partial charge in [0.1, 0.15) is 0 Å². The van der Waals surface area contributed by atoms with Gasteiger partial charge in [0, 0.05) is 6.61 Å². The first-order valence-electron chi connectivity index (χ1n) is 4.93. The summed E-state index contributed by atoms with van der Waals surface area (Å²) in [6.45, 7) is 3.93. The highest BCUT2D eigenvalue weighted by Gasteiger charge is 1.79. The van der Waals surface area contributed by atoms with E-state index >= 15 is 0 Å². The first-order valence-corrected chi connectivity index (χ1v) is 4.93. The van der Waals surface area contributed by atoms with Crippen LogP contribution in [0.25, 0.3) is 0 Å². The molecule has 0 aliphatic carbocycles. The molecule has 0 aromatic heterocycles. The highest BCUT2D eigenvalue weighted by atomic mass is 16.2. The number of rotatable bonds is 8. The van der Waals surface area contributed by atoms with Crippen LogP contribution >= 0.6 is 0 Å². The average Bonchev–Trinajstić information content (AvgIpc) is 2.16. The molecular formula is C12H20O. The Kier molecular flexibility index (Phi) is 10.5. The second-order valence-corrected chi connectivity index (χ2v) is 2.91. The van der Waals surface area contributed by atoms with Gasteiger partial charge in [0.2, 0.25) is 0 Å². The van der Waals surface area contributed by atoms with Crippen molar-refractivity contribution in [2.75, 3.05) is 6.61 Å². The van der Waals surface area contributed by atoms with Crippen molar-refractivity contribution in [3.05, 3.63) is 37.0 Å². The first kappa shape index (κ1) is 12.2. The number of unbranched alkanes of at least 4 members (excludes halogenated alkanes) is 2. The summed E-state index contributed by atoms with van der Waals surface area (Å²) >= 11 is 0. The van der Waals surface area contributed by atoms with Gasteiger partial charge in [-0.1, -0.05) is 30.4 Å². The maximum Gasteiger partial charge on any atom is 0.0433 e. The van der Waals surface area contributed by atoms with Gasteiger partial charge in [0.15, 0.2) is 0 Å². The van der Waals surface area contributed by atoms with Crippen molar-refractivity contribution >= 4 is 0 Å². The lowest BCUT2D eigenvalue weighted by atomic mass is 10.2. The van der Waals surface area contributed by atoms with Crippen LogP contribution < -0.4 is 0 Å². The van der Waals surface area contributed by atoms with Gasteiger partial charge in [-0.05, 0) is 32.1 Å². The Balaban J connectivity index is 3.14. The summed E-state index contributed by atoms with van der Waals surface area (Å²) in [7, 11) is 0. The largest absolute Gasteiger partial charge is 0.396 e. The molecule has 0 aliphatic rings. The molecule has 0 unspecified atom stereocenters. The third-order valence-electron chi connectivity index (χ3n) is 1.66. The zero-order valence-electron chi connectivity index (χ0n) is 8.28. The molecule has 0 saturated heterocycles. The molecule has 0 spiro atoms. The lowest BCUT2D eigenvalue weighted by Gasteiger charge is -1.88. The highest BCUT2D eigenvalue weighted by Crippen LogP contribution is 1.97. The van der Waals surface area contributed by atoms with Crippen molar-refractivity contribution in [2.45, 2.75) is 32.1 Å². The van der Waals surface area contributed by atoms with Crippen LogP contribution in [0.3, 0.4) is 0 Å². The minimum atomic E-state index is 0.295. The van der Waals surface area contributed by atoms with Crippen molar-refractivity contribution in [1.82, 2.24) is 0 Å².